The summed E-state index contributed by atoms with van der Waals surface area (Å²) in [7, 11) is -1.81. The third-order valence-corrected chi connectivity index (χ3v) is 8.66. The molecule has 0 amide bonds. The van der Waals surface area contributed by atoms with Gasteiger partial charge in [0, 0.05) is 9.86 Å². The number of nitrogens with zero attached hydrogens (tertiary/aromatic N) is 1. The van der Waals surface area contributed by atoms with Gasteiger partial charge in [-0.3, -0.25) is 0 Å². The Hall–Kier alpha value is -0.743. The molecule has 0 radical (unpaired) electrons. The molecule has 98 valence electrons. The Morgan fingerprint density at radius 3 is 2.39 bits per heavy atom. The molecular weight excluding hydrogens is 306 g/mol. The maximum atomic E-state index is 6.33. The molecule has 2 nitrogen and oxygen atoms in total. The van der Waals surface area contributed by atoms with E-state index in [1.807, 2.05) is 23.1 Å². The number of hydrogen-bond donors (Lipinski definition) is 0. The highest BCUT2D eigenvalue weighted by atomic mass is 79.9. The van der Waals surface area contributed by atoms with E-state index >= 15 is 0 Å². The first-order valence-corrected chi connectivity index (χ1v) is 9.87. The van der Waals surface area contributed by atoms with E-state index in [-0.39, 0.29) is 5.04 Å². The lowest BCUT2D eigenvalue weighted by atomic mass is 10.2. The fraction of sp³-hybridized carbons (Fsp3) is 0.429. The fourth-order valence-electron chi connectivity index (χ4n) is 1.57. The van der Waals surface area contributed by atoms with Gasteiger partial charge in [0.1, 0.15) is 0 Å². The maximum Gasteiger partial charge on any atom is 0.284 e. The molecule has 0 bridgehead atoms. The quantitative estimate of drug-likeness (QED) is 0.721. The Morgan fingerprint density at radius 1 is 1.17 bits per heavy atom. The highest BCUT2D eigenvalue weighted by molar-refractivity contribution is 9.10. The molecule has 0 saturated heterocycles. The van der Waals surface area contributed by atoms with E-state index in [4.69, 9.17) is 4.53 Å². The van der Waals surface area contributed by atoms with Crippen LogP contribution in [-0.4, -0.2) is 13.0 Å². The first-order valence-electron chi connectivity index (χ1n) is 6.17. The minimum Gasteiger partial charge on any atom is -0.469 e. The fourth-order valence-corrected chi connectivity index (χ4v) is 3.01. The zero-order valence-electron chi connectivity index (χ0n) is 11.6. The summed E-state index contributed by atoms with van der Waals surface area (Å²) in [6.07, 6.45) is 2.02. The molecule has 0 unspecified atom stereocenters. The second kappa shape index (κ2) is 4.42. The first kappa shape index (κ1) is 13.7. The summed E-state index contributed by atoms with van der Waals surface area (Å²) >= 11 is 3.59. The molecule has 0 fully saturated rings. The van der Waals surface area contributed by atoms with Gasteiger partial charge in [0.25, 0.3) is 8.32 Å². The zero-order valence-corrected chi connectivity index (χ0v) is 14.2. The van der Waals surface area contributed by atoms with Gasteiger partial charge >= 0.3 is 0 Å². The van der Waals surface area contributed by atoms with Crippen molar-refractivity contribution in [3.05, 3.63) is 34.9 Å². The minimum atomic E-state index is -1.81. The van der Waals surface area contributed by atoms with Crippen LogP contribution in [0.5, 0.6) is 0 Å². The predicted octanol–water partition coefficient (Wildman–Crippen LogP) is 4.84. The molecule has 2 rings (SSSR count). The summed E-state index contributed by atoms with van der Waals surface area (Å²) in [5.41, 5.74) is 1.12. The van der Waals surface area contributed by atoms with Crippen LogP contribution in [0.25, 0.3) is 10.9 Å². The maximum absolute atomic E-state index is 6.33. The lowest BCUT2D eigenvalue weighted by molar-refractivity contribution is 0.263. The van der Waals surface area contributed by atoms with Gasteiger partial charge in [0.2, 0.25) is 0 Å². The van der Waals surface area contributed by atoms with Crippen LogP contribution in [0.1, 0.15) is 20.8 Å². The van der Waals surface area contributed by atoms with Crippen molar-refractivity contribution >= 4 is 35.2 Å². The molecular formula is C14H20BrNOSi. The highest BCUT2D eigenvalue weighted by Crippen LogP contribution is 2.36. The molecule has 1 aromatic heterocycles. The van der Waals surface area contributed by atoms with Crippen molar-refractivity contribution in [2.75, 3.05) is 0 Å². The third-order valence-electron chi connectivity index (χ3n) is 3.76. The molecule has 18 heavy (non-hydrogen) atoms. The lowest BCUT2D eigenvalue weighted by Gasteiger charge is -2.36. The molecule has 1 heterocycles. The van der Waals surface area contributed by atoms with E-state index in [1.165, 1.54) is 5.39 Å². The first-order chi connectivity index (χ1) is 8.22. The van der Waals surface area contributed by atoms with Crippen LogP contribution in [0.4, 0.5) is 0 Å². The molecule has 0 atom stereocenters. The van der Waals surface area contributed by atoms with Gasteiger partial charge in [0.05, 0.1) is 11.7 Å². The van der Waals surface area contributed by atoms with Crippen molar-refractivity contribution in [3.8, 4) is 0 Å². The number of aromatic nitrogens is 1. The Balaban J connectivity index is 2.45. The smallest absolute Gasteiger partial charge is 0.284 e. The second-order valence-electron chi connectivity index (χ2n) is 6.17. The monoisotopic (exact) mass is 325 g/mol. The average Bonchev–Trinajstić information content (AvgIpc) is 2.55. The van der Waals surface area contributed by atoms with E-state index in [9.17, 15) is 0 Å². The van der Waals surface area contributed by atoms with E-state index in [0.29, 0.717) is 0 Å². The highest BCUT2D eigenvalue weighted by Gasteiger charge is 2.40. The van der Waals surface area contributed by atoms with Crippen LogP contribution in [0.2, 0.25) is 18.1 Å². The summed E-state index contributed by atoms with van der Waals surface area (Å²) in [6.45, 7) is 11.3. The molecule has 0 saturated carbocycles. The topological polar surface area (TPSA) is 14.2 Å². The third kappa shape index (κ3) is 2.36. The summed E-state index contributed by atoms with van der Waals surface area (Å²) in [4.78, 5) is 0. The molecule has 0 N–H and O–H groups in total. The van der Waals surface area contributed by atoms with Crippen molar-refractivity contribution in [2.24, 2.45) is 0 Å². The summed E-state index contributed by atoms with van der Waals surface area (Å²) in [5, 5.41) is 1.39. The van der Waals surface area contributed by atoms with E-state index in [0.717, 1.165) is 9.99 Å². The predicted molar refractivity (Wildman–Crippen MR) is 83.4 cm³/mol. The molecule has 2 aromatic rings. The van der Waals surface area contributed by atoms with Crippen molar-refractivity contribution in [1.29, 1.82) is 0 Å². The van der Waals surface area contributed by atoms with Gasteiger partial charge in [0.15, 0.2) is 0 Å². The van der Waals surface area contributed by atoms with Gasteiger partial charge in [-0.25, -0.2) is 4.73 Å². The summed E-state index contributed by atoms with van der Waals surface area (Å²) in [6, 6.07) is 8.28. The van der Waals surface area contributed by atoms with Crippen LogP contribution in [0, 0.1) is 0 Å². The molecule has 0 aliphatic rings. The van der Waals surface area contributed by atoms with Crippen molar-refractivity contribution < 1.29 is 4.53 Å². The summed E-state index contributed by atoms with van der Waals surface area (Å²) in [5.74, 6) is 0. The standard InChI is InChI=1S/C14H20BrNOSi/c1-14(2,3)18(4,5)17-16-10-12(15)11-8-6-7-9-13(11)16/h6-10H,1-5H3. The number of halogens is 1. The van der Waals surface area contributed by atoms with Crippen molar-refractivity contribution in [3.63, 3.8) is 0 Å². The molecule has 1 aromatic carbocycles. The number of rotatable bonds is 2. The van der Waals surface area contributed by atoms with E-state index in [1.54, 1.807) is 0 Å². The Bertz CT molecular complexity index is 569. The van der Waals surface area contributed by atoms with E-state index < -0.39 is 8.32 Å². The van der Waals surface area contributed by atoms with Crippen molar-refractivity contribution in [2.45, 2.75) is 38.9 Å². The molecule has 0 spiro atoms. The second-order valence-corrected chi connectivity index (χ2v) is 11.7. The van der Waals surface area contributed by atoms with Gasteiger partial charge in [-0.2, -0.15) is 0 Å². The molecule has 4 heteroatoms. The van der Waals surface area contributed by atoms with Crippen LogP contribution < -0.4 is 4.53 Å². The SMILES string of the molecule is CC(C)(C)[Si](C)(C)On1cc(Br)c2ccccc21. The largest absolute Gasteiger partial charge is 0.469 e. The normalized spacial score (nSPS) is 13.0. The van der Waals surface area contributed by atoms with Crippen LogP contribution in [0.15, 0.2) is 34.9 Å². The van der Waals surface area contributed by atoms with Gasteiger partial charge in [-0.05, 0) is 40.1 Å². The Labute approximate surface area is 118 Å². The van der Waals surface area contributed by atoms with Crippen LogP contribution in [0.3, 0.4) is 0 Å². The van der Waals surface area contributed by atoms with Crippen LogP contribution >= 0.6 is 15.9 Å². The molecule has 0 aliphatic carbocycles. The van der Waals surface area contributed by atoms with Gasteiger partial charge in [-0.15, -0.1) is 0 Å². The van der Waals surface area contributed by atoms with E-state index in [2.05, 4.69) is 61.9 Å². The number of para-hydroxylation sites is 1. The minimum absolute atomic E-state index is 0.199. The molecule has 0 aliphatic heterocycles. The Morgan fingerprint density at radius 2 is 1.78 bits per heavy atom. The number of hydrogen-bond acceptors (Lipinski definition) is 1. The number of benzene rings is 1. The van der Waals surface area contributed by atoms with Crippen molar-refractivity contribution in [1.82, 2.24) is 4.73 Å². The van der Waals surface area contributed by atoms with Gasteiger partial charge < -0.3 is 4.53 Å². The average molecular weight is 326 g/mol. The van der Waals surface area contributed by atoms with Gasteiger partial charge in [-0.1, -0.05) is 39.0 Å². The summed E-state index contributed by atoms with van der Waals surface area (Å²) < 4.78 is 9.33. The Kier molecular flexibility index (Phi) is 3.36. The lowest BCUT2D eigenvalue weighted by Crippen LogP contribution is -2.47. The number of fused-ring (bicyclic) bond motifs is 1. The van der Waals surface area contributed by atoms with Crippen LogP contribution in [-0.2, 0) is 0 Å². The zero-order chi connectivity index (χ0) is 13.6.